The number of hydrogen-bond acceptors (Lipinski definition) is 8. The molecule has 3 heterocycles. The molecule has 2 aliphatic heterocycles. The van der Waals surface area contributed by atoms with Crippen LogP contribution in [-0.2, 0) is 19.5 Å². The van der Waals surface area contributed by atoms with E-state index in [0.717, 1.165) is 16.8 Å². The zero-order valence-electron chi connectivity index (χ0n) is 18.6. The lowest BCUT2D eigenvalue weighted by Gasteiger charge is -2.18. The third-order valence-corrected chi connectivity index (χ3v) is 7.62. The first-order valence-electron chi connectivity index (χ1n) is 10.7. The van der Waals surface area contributed by atoms with E-state index in [2.05, 4.69) is 20.2 Å². The Morgan fingerprint density at radius 1 is 1.00 bits per heavy atom. The van der Waals surface area contributed by atoms with Crippen molar-refractivity contribution in [3.05, 3.63) is 54.1 Å². The van der Waals surface area contributed by atoms with Gasteiger partial charge in [-0.05, 0) is 53.7 Å². The van der Waals surface area contributed by atoms with Gasteiger partial charge in [0.2, 0.25) is 10.0 Å². The molecule has 3 aromatic rings. The fourth-order valence-corrected chi connectivity index (χ4v) is 5.52. The molecule has 0 spiro atoms. The first-order valence-corrected chi connectivity index (χ1v) is 12.2. The van der Waals surface area contributed by atoms with Gasteiger partial charge in [-0.2, -0.15) is 0 Å². The Balaban J connectivity index is 1.33. The number of aromatic nitrogens is 4. The fraction of sp³-hybridized carbons (Fsp3) is 0.409. The van der Waals surface area contributed by atoms with Crippen molar-refractivity contribution in [1.82, 2.24) is 24.9 Å². The predicted molar refractivity (Wildman–Crippen MR) is 121 cm³/mol. The van der Waals surface area contributed by atoms with E-state index in [0.29, 0.717) is 12.4 Å². The summed E-state index contributed by atoms with van der Waals surface area (Å²) in [6, 6.07) is 13.9. The van der Waals surface area contributed by atoms with Gasteiger partial charge in [-0.15, -0.1) is 5.10 Å². The maximum absolute atomic E-state index is 12.8. The summed E-state index contributed by atoms with van der Waals surface area (Å²) in [5.41, 5.74) is 2.95. The van der Waals surface area contributed by atoms with E-state index >= 15 is 0 Å². The molecule has 2 fully saturated rings. The highest BCUT2D eigenvalue weighted by molar-refractivity contribution is 7.89. The number of nitrogens with one attached hydrogen (secondary N) is 1. The minimum atomic E-state index is -3.69. The lowest BCUT2D eigenvalue weighted by Crippen LogP contribution is -2.44. The molecule has 0 bridgehead atoms. The highest BCUT2D eigenvalue weighted by Gasteiger charge is 2.50. The van der Waals surface area contributed by atoms with Crippen LogP contribution in [0.2, 0.25) is 0 Å². The molecule has 4 unspecified atom stereocenters. The van der Waals surface area contributed by atoms with E-state index in [1.807, 2.05) is 50.2 Å². The number of anilines is 1. The predicted octanol–water partition coefficient (Wildman–Crippen LogP) is 1.40. The van der Waals surface area contributed by atoms with E-state index in [1.54, 1.807) is 28.9 Å². The number of nitrogens with zero attached hydrogens (tertiary/aromatic N) is 5. The highest BCUT2D eigenvalue weighted by Crippen LogP contribution is 2.36. The van der Waals surface area contributed by atoms with E-state index in [9.17, 15) is 8.42 Å². The summed E-state index contributed by atoms with van der Waals surface area (Å²) >= 11 is 0. The number of aryl methyl sites for hydroxylation is 1. The number of benzene rings is 2. The first-order chi connectivity index (χ1) is 15.8. The van der Waals surface area contributed by atoms with E-state index in [1.165, 1.54) is 0 Å². The summed E-state index contributed by atoms with van der Waals surface area (Å²) < 4.78 is 42.1. The molecule has 2 saturated heterocycles. The van der Waals surface area contributed by atoms with Crippen molar-refractivity contribution >= 4 is 15.7 Å². The van der Waals surface area contributed by atoms with E-state index < -0.39 is 22.2 Å². The van der Waals surface area contributed by atoms with Gasteiger partial charge in [0.25, 0.3) is 0 Å². The molecule has 2 aliphatic rings. The molecule has 174 valence electrons. The largest absolute Gasteiger partial charge is 0.378 e. The minimum absolute atomic E-state index is 0.214. The van der Waals surface area contributed by atoms with Crippen LogP contribution >= 0.6 is 0 Å². The molecule has 10 nitrogen and oxygen atoms in total. The second-order valence-corrected chi connectivity index (χ2v) is 10.3. The van der Waals surface area contributed by atoms with Crippen molar-refractivity contribution in [2.75, 3.05) is 32.2 Å². The quantitative estimate of drug-likeness (QED) is 0.576. The number of hydrogen-bond donors (Lipinski definition) is 1. The Morgan fingerprint density at radius 2 is 1.70 bits per heavy atom. The van der Waals surface area contributed by atoms with Crippen molar-refractivity contribution in [2.24, 2.45) is 0 Å². The normalized spacial score (nSPS) is 24.7. The van der Waals surface area contributed by atoms with Crippen molar-refractivity contribution in [3.8, 4) is 11.4 Å². The Kier molecular flexibility index (Phi) is 5.65. The summed E-state index contributed by atoms with van der Waals surface area (Å²) in [5, 5.41) is 12.3. The molecule has 0 aliphatic carbocycles. The minimum Gasteiger partial charge on any atom is -0.378 e. The Morgan fingerprint density at radius 3 is 2.39 bits per heavy atom. The Hall–Kier alpha value is -2.86. The average molecular weight is 471 g/mol. The molecule has 33 heavy (non-hydrogen) atoms. The van der Waals surface area contributed by atoms with Crippen LogP contribution in [0.4, 0.5) is 5.69 Å². The van der Waals surface area contributed by atoms with Crippen LogP contribution in [0.15, 0.2) is 53.4 Å². The van der Waals surface area contributed by atoms with Gasteiger partial charge in [0, 0.05) is 25.3 Å². The Bertz CT molecular complexity index is 1230. The van der Waals surface area contributed by atoms with Gasteiger partial charge in [0.05, 0.1) is 24.2 Å². The second kappa shape index (κ2) is 8.49. The van der Waals surface area contributed by atoms with Gasteiger partial charge in [-0.25, -0.2) is 17.8 Å². The van der Waals surface area contributed by atoms with Crippen LogP contribution in [0.1, 0.15) is 11.6 Å². The number of rotatable bonds is 6. The van der Waals surface area contributed by atoms with Crippen LogP contribution in [-0.4, -0.2) is 74.2 Å². The summed E-state index contributed by atoms with van der Waals surface area (Å²) in [6.07, 6.45) is -0.789. The van der Waals surface area contributed by atoms with Gasteiger partial charge < -0.3 is 14.4 Å². The van der Waals surface area contributed by atoms with Crippen LogP contribution in [0.25, 0.3) is 11.4 Å². The molecule has 2 aromatic carbocycles. The summed E-state index contributed by atoms with van der Waals surface area (Å²) in [6.45, 7) is 2.45. The van der Waals surface area contributed by atoms with Gasteiger partial charge in [0.1, 0.15) is 18.2 Å². The number of sulfonamides is 1. The standard InChI is InChI=1S/C22H26N6O4S/c1-14-4-10-17(11-5-14)33(29,30)24-18-12-31-21-19(13-32-20(18)21)28-22(23-25-26-28)15-6-8-16(9-7-15)27(2)3/h4-11,18-21,24H,12-13H2,1-3H3. The van der Waals surface area contributed by atoms with E-state index in [4.69, 9.17) is 9.47 Å². The number of ether oxygens (including phenoxy) is 2. The van der Waals surface area contributed by atoms with Crippen molar-refractivity contribution in [1.29, 1.82) is 0 Å². The van der Waals surface area contributed by atoms with Crippen LogP contribution in [0, 0.1) is 6.92 Å². The molecule has 0 radical (unpaired) electrons. The molecule has 5 rings (SSSR count). The topological polar surface area (TPSA) is 111 Å². The lowest BCUT2D eigenvalue weighted by molar-refractivity contribution is 0.0626. The summed E-state index contributed by atoms with van der Waals surface area (Å²) in [4.78, 5) is 2.24. The summed E-state index contributed by atoms with van der Waals surface area (Å²) in [7, 11) is 0.270. The zero-order chi connectivity index (χ0) is 23.2. The lowest BCUT2D eigenvalue weighted by atomic mass is 10.1. The van der Waals surface area contributed by atoms with Crippen molar-refractivity contribution in [2.45, 2.75) is 36.1 Å². The second-order valence-electron chi connectivity index (χ2n) is 8.59. The van der Waals surface area contributed by atoms with Crippen molar-refractivity contribution < 1.29 is 17.9 Å². The van der Waals surface area contributed by atoms with Crippen LogP contribution in [0.3, 0.4) is 0 Å². The molecule has 0 saturated carbocycles. The molecule has 1 aromatic heterocycles. The van der Waals surface area contributed by atoms with Crippen molar-refractivity contribution in [3.63, 3.8) is 0 Å². The summed E-state index contributed by atoms with van der Waals surface area (Å²) in [5.74, 6) is 0.613. The highest BCUT2D eigenvalue weighted by atomic mass is 32.2. The van der Waals surface area contributed by atoms with Crippen LogP contribution < -0.4 is 9.62 Å². The van der Waals surface area contributed by atoms with Gasteiger partial charge in [0.15, 0.2) is 5.82 Å². The molecule has 4 atom stereocenters. The molecule has 1 N–H and O–H groups in total. The van der Waals surface area contributed by atoms with Crippen LogP contribution in [0.5, 0.6) is 0 Å². The third kappa shape index (κ3) is 4.12. The maximum atomic E-state index is 12.8. The Labute approximate surface area is 192 Å². The monoisotopic (exact) mass is 470 g/mol. The molecular formula is C22H26N6O4S. The third-order valence-electron chi connectivity index (χ3n) is 6.11. The average Bonchev–Trinajstić information content (AvgIpc) is 3.51. The van der Waals surface area contributed by atoms with Gasteiger partial charge >= 0.3 is 0 Å². The molecule has 11 heteroatoms. The first kappa shape index (κ1) is 22.0. The molecule has 0 amide bonds. The fourth-order valence-electron chi connectivity index (χ4n) is 4.29. The zero-order valence-corrected chi connectivity index (χ0v) is 19.4. The molecular weight excluding hydrogens is 444 g/mol. The smallest absolute Gasteiger partial charge is 0.240 e. The van der Waals surface area contributed by atoms with Gasteiger partial charge in [-0.3, -0.25) is 0 Å². The SMILES string of the molecule is Cc1ccc(S(=O)(=O)NC2COC3C2OCC3n2nnnc2-c2ccc(N(C)C)cc2)cc1. The maximum Gasteiger partial charge on any atom is 0.240 e. The van der Waals surface area contributed by atoms with E-state index in [-0.39, 0.29) is 23.6 Å². The van der Waals surface area contributed by atoms with Gasteiger partial charge in [-0.1, -0.05) is 17.7 Å². The number of fused-ring (bicyclic) bond motifs is 1. The number of tetrazole rings is 1.